The topological polar surface area (TPSA) is 20.3 Å². The highest BCUT2D eigenvalue weighted by Crippen LogP contribution is 2.37. The van der Waals surface area contributed by atoms with Crippen molar-refractivity contribution in [3.63, 3.8) is 0 Å². The lowest BCUT2D eigenvalue weighted by Gasteiger charge is -2.29. The minimum atomic E-state index is 0.0943. The molecule has 1 aromatic carbocycles. The molecular formula is C20H25NOS2. The van der Waals surface area contributed by atoms with Gasteiger partial charge in [0.2, 0.25) is 0 Å². The van der Waals surface area contributed by atoms with E-state index < -0.39 is 0 Å². The van der Waals surface area contributed by atoms with Crippen LogP contribution in [0.5, 0.6) is 0 Å². The second-order valence-corrected chi connectivity index (χ2v) is 9.39. The zero-order chi connectivity index (χ0) is 17.3. The standard InChI is InChI=1S/C20H25NOS2/c1-20(2,3)15-11-9-14(10-12-15)13-17-18(22)21(19(23)24-17)16-7-5-4-6-8-16/h9-13,16H,4-8H2,1-3H3/b17-13+. The molecule has 1 amide bonds. The van der Waals surface area contributed by atoms with Crippen LogP contribution in [0.2, 0.25) is 0 Å². The highest BCUT2D eigenvalue weighted by molar-refractivity contribution is 8.26. The van der Waals surface area contributed by atoms with Crippen LogP contribution in [0, 0.1) is 0 Å². The van der Waals surface area contributed by atoms with Gasteiger partial charge in [-0.05, 0) is 35.5 Å². The number of nitrogens with zero attached hydrogens (tertiary/aromatic N) is 1. The normalized spacial score (nSPS) is 21.8. The molecule has 0 radical (unpaired) electrons. The number of thioether (sulfide) groups is 1. The van der Waals surface area contributed by atoms with Gasteiger partial charge in [-0.15, -0.1) is 0 Å². The third kappa shape index (κ3) is 3.75. The number of amides is 1. The molecule has 2 fully saturated rings. The van der Waals surface area contributed by atoms with Crippen LogP contribution in [-0.4, -0.2) is 21.2 Å². The average Bonchev–Trinajstić information content (AvgIpc) is 2.82. The van der Waals surface area contributed by atoms with Gasteiger partial charge < -0.3 is 0 Å². The van der Waals surface area contributed by atoms with Crippen molar-refractivity contribution in [2.45, 2.75) is 64.3 Å². The summed E-state index contributed by atoms with van der Waals surface area (Å²) in [6.45, 7) is 6.62. The molecule has 0 aromatic heterocycles. The molecule has 3 rings (SSSR count). The van der Waals surface area contributed by atoms with Gasteiger partial charge in [-0.1, -0.05) is 88.3 Å². The summed E-state index contributed by atoms with van der Waals surface area (Å²) in [6, 6.07) is 8.78. The van der Waals surface area contributed by atoms with Gasteiger partial charge in [0.15, 0.2) is 0 Å². The molecule has 1 aliphatic carbocycles. The molecule has 0 bridgehead atoms. The fourth-order valence-electron chi connectivity index (χ4n) is 3.36. The Morgan fingerprint density at radius 3 is 2.33 bits per heavy atom. The van der Waals surface area contributed by atoms with Crippen molar-refractivity contribution in [3.05, 3.63) is 40.3 Å². The van der Waals surface area contributed by atoms with Crippen LogP contribution in [-0.2, 0) is 10.2 Å². The Morgan fingerprint density at radius 1 is 1.12 bits per heavy atom. The first-order valence-electron chi connectivity index (χ1n) is 8.74. The Morgan fingerprint density at radius 2 is 1.75 bits per heavy atom. The predicted octanol–water partition coefficient (Wildman–Crippen LogP) is 5.52. The van der Waals surface area contributed by atoms with E-state index in [0.29, 0.717) is 6.04 Å². The number of carbonyl (C=O) groups is 1. The SMILES string of the molecule is CC(C)(C)c1ccc(/C=C2/SC(=S)N(C3CCCCC3)C2=O)cc1. The quantitative estimate of drug-likeness (QED) is 0.512. The fourth-order valence-corrected chi connectivity index (χ4v) is 4.77. The van der Waals surface area contributed by atoms with E-state index in [-0.39, 0.29) is 11.3 Å². The molecule has 1 saturated heterocycles. The molecule has 2 nitrogen and oxygen atoms in total. The second-order valence-electron chi connectivity index (χ2n) is 7.72. The Balaban J connectivity index is 1.78. The summed E-state index contributed by atoms with van der Waals surface area (Å²) in [5.74, 6) is 0.0943. The minimum absolute atomic E-state index is 0.0943. The second kappa shape index (κ2) is 7.01. The average molecular weight is 360 g/mol. The maximum Gasteiger partial charge on any atom is 0.266 e. The summed E-state index contributed by atoms with van der Waals surface area (Å²) in [5.41, 5.74) is 2.50. The first kappa shape index (κ1) is 17.7. The Hall–Kier alpha value is -1.13. The van der Waals surface area contributed by atoms with E-state index in [2.05, 4.69) is 45.0 Å². The number of benzene rings is 1. The van der Waals surface area contributed by atoms with Gasteiger partial charge >= 0.3 is 0 Å². The lowest BCUT2D eigenvalue weighted by molar-refractivity contribution is -0.124. The van der Waals surface area contributed by atoms with Gasteiger partial charge in [0.05, 0.1) is 4.91 Å². The summed E-state index contributed by atoms with van der Waals surface area (Å²) < 4.78 is 0.726. The molecule has 0 spiro atoms. The molecule has 1 saturated carbocycles. The maximum absolute atomic E-state index is 12.8. The molecule has 24 heavy (non-hydrogen) atoms. The molecular weight excluding hydrogens is 334 g/mol. The van der Waals surface area contributed by atoms with Crippen LogP contribution >= 0.6 is 24.0 Å². The number of hydrogen-bond acceptors (Lipinski definition) is 3. The number of hydrogen-bond donors (Lipinski definition) is 0. The van der Waals surface area contributed by atoms with Gasteiger partial charge in [0.1, 0.15) is 4.32 Å². The summed E-state index contributed by atoms with van der Waals surface area (Å²) in [5, 5.41) is 0. The Labute approximate surface area is 154 Å². The van der Waals surface area contributed by atoms with Crippen molar-refractivity contribution >= 4 is 40.3 Å². The molecule has 0 unspecified atom stereocenters. The largest absolute Gasteiger partial charge is 0.290 e. The van der Waals surface area contributed by atoms with E-state index >= 15 is 0 Å². The van der Waals surface area contributed by atoms with Crippen LogP contribution in [0.25, 0.3) is 6.08 Å². The molecule has 1 heterocycles. The highest BCUT2D eigenvalue weighted by atomic mass is 32.2. The summed E-state index contributed by atoms with van der Waals surface area (Å²) in [6.07, 6.45) is 7.83. The molecule has 0 atom stereocenters. The highest BCUT2D eigenvalue weighted by Gasteiger charge is 2.37. The van der Waals surface area contributed by atoms with Crippen molar-refractivity contribution in [1.29, 1.82) is 0 Å². The minimum Gasteiger partial charge on any atom is -0.290 e. The van der Waals surface area contributed by atoms with E-state index in [4.69, 9.17) is 12.2 Å². The van der Waals surface area contributed by atoms with Crippen molar-refractivity contribution in [2.24, 2.45) is 0 Å². The van der Waals surface area contributed by atoms with Crippen LogP contribution in [0.3, 0.4) is 0 Å². The lowest BCUT2D eigenvalue weighted by atomic mass is 9.87. The van der Waals surface area contributed by atoms with E-state index in [1.807, 2.05) is 11.0 Å². The van der Waals surface area contributed by atoms with Gasteiger partial charge in [-0.2, -0.15) is 0 Å². The molecule has 4 heteroatoms. The number of thiocarbonyl (C=S) groups is 1. The van der Waals surface area contributed by atoms with E-state index in [9.17, 15) is 4.79 Å². The van der Waals surface area contributed by atoms with E-state index in [0.717, 1.165) is 27.6 Å². The van der Waals surface area contributed by atoms with Gasteiger partial charge in [0, 0.05) is 6.04 Å². The number of rotatable bonds is 2. The molecule has 1 aromatic rings. The Bertz CT molecular complexity index is 664. The van der Waals surface area contributed by atoms with Crippen LogP contribution < -0.4 is 0 Å². The monoisotopic (exact) mass is 359 g/mol. The summed E-state index contributed by atoms with van der Waals surface area (Å²) >= 11 is 6.94. The molecule has 0 N–H and O–H groups in total. The van der Waals surface area contributed by atoms with Crippen molar-refractivity contribution < 1.29 is 4.79 Å². The van der Waals surface area contributed by atoms with E-state index in [1.165, 1.54) is 36.6 Å². The summed E-state index contributed by atoms with van der Waals surface area (Å²) in [4.78, 5) is 15.4. The third-order valence-electron chi connectivity index (χ3n) is 4.84. The third-order valence-corrected chi connectivity index (χ3v) is 6.17. The van der Waals surface area contributed by atoms with Crippen molar-refractivity contribution in [1.82, 2.24) is 4.90 Å². The smallest absolute Gasteiger partial charge is 0.266 e. The van der Waals surface area contributed by atoms with Crippen molar-refractivity contribution in [3.8, 4) is 0 Å². The lowest BCUT2D eigenvalue weighted by Crippen LogP contribution is -2.39. The van der Waals surface area contributed by atoms with Crippen LogP contribution in [0.1, 0.15) is 64.0 Å². The van der Waals surface area contributed by atoms with E-state index in [1.54, 1.807) is 0 Å². The first-order valence-corrected chi connectivity index (χ1v) is 9.96. The summed E-state index contributed by atoms with van der Waals surface area (Å²) in [7, 11) is 0. The zero-order valence-electron chi connectivity index (χ0n) is 14.7. The maximum atomic E-state index is 12.8. The fraction of sp³-hybridized carbons (Fsp3) is 0.500. The van der Waals surface area contributed by atoms with Gasteiger partial charge in [-0.25, -0.2) is 0 Å². The van der Waals surface area contributed by atoms with Gasteiger partial charge in [-0.3, -0.25) is 9.69 Å². The van der Waals surface area contributed by atoms with Gasteiger partial charge in [0.25, 0.3) is 5.91 Å². The first-order chi connectivity index (χ1) is 11.4. The predicted molar refractivity (Wildman–Crippen MR) is 107 cm³/mol. The molecule has 128 valence electrons. The number of carbonyl (C=O) groups excluding carboxylic acids is 1. The van der Waals surface area contributed by atoms with Crippen molar-refractivity contribution in [2.75, 3.05) is 0 Å². The Kier molecular flexibility index (Phi) is 5.16. The molecule has 1 aliphatic heterocycles. The molecule has 2 aliphatic rings. The van der Waals surface area contributed by atoms with Crippen LogP contribution in [0.15, 0.2) is 29.2 Å². The van der Waals surface area contributed by atoms with Crippen LogP contribution in [0.4, 0.5) is 0 Å². The zero-order valence-corrected chi connectivity index (χ0v) is 16.3.